The van der Waals surface area contributed by atoms with Crippen LogP contribution in [0, 0.1) is 0 Å². The van der Waals surface area contributed by atoms with Crippen molar-refractivity contribution >= 4 is 0 Å². The van der Waals surface area contributed by atoms with Crippen molar-refractivity contribution in [2.45, 2.75) is 62.6 Å². The number of hydrogen-bond acceptors (Lipinski definition) is 6. The fourth-order valence-electron chi connectivity index (χ4n) is 4.32. The van der Waals surface area contributed by atoms with Crippen LogP contribution in [0.2, 0.25) is 0 Å². The lowest BCUT2D eigenvalue weighted by atomic mass is 9.90. The number of nitrogens with one attached hydrogen (secondary N) is 1. The molecule has 1 aliphatic heterocycles. The third-order valence-electron chi connectivity index (χ3n) is 5.86. The Morgan fingerprint density at radius 1 is 1.19 bits per heavy atom. The summed E-state index contributed by atoms with van der Waals surface area (Å²) in [6, 6.07) is 2.34. The molecule has 2 heterocycles. The van der Waals surface area contributed by atoms with Gasteiger partial charge in [-0.3, -0.25) is 4.79 Å². The molecule has 1 saturated carbocycles. The lowest BCUT2D eigenvalue weighted by molar-refractivity contribution is -0.0551. The molecule has 1 aromatic rings. The third kappa shape index (κ3) is 4.01. The zero-order valence-corrected chi connectivity index (χ0v) is 15.3. The summed E-state index contributed by atoms with van der Waals surface area (Å²) in [5.41, 5.74) is 1.35. The summed E-state index contributed by atoms with van der Waals surface area (Å²) in [6.07, 6.45) is 6.93. The van der Waals surface area contributed by atoms with Gasteiger partial charge in [-0.15, -0.1) is 0 Å². The molecule has 7 nitrogen and oxygen atoms in total. The summed E-state index contributed by atoms with van der Waals surface area (Å²) in [6.45, 7) is 2.17. The summed E-state index contributed by atoms with van der Waals surface area (Å²) in [5.74, 6) is 0. The Hall–Kier alpha value is -1.28. The van der Waals surface area contributed by atoms with E-state index in [4.69, 9.17) is 9.47 Å². The smallest absolute Gasteiger partial charge is 0.267 e. The van der Waals surface area contributed by atoms with E-state index < -0.39 is 5.60 Å². The molecule has 4 rings (SSSR count). The molecule has 2 N–H and O–H groups in total. The summed E-state index contributed by atoms with van der Waals surface area (Å²) < 4.78 is 12.5. The van der Waals surface area contributed by atoms with Gasteiger partial charge in [0.25, 0.3) is 5.56 Å². The highest BCUT2D eigenvalue weighted by Gasteiger charge is 2.32. The number of aromatic nitrogens is 2. The van der Waals surface area contributed by atoms with E-state index in [1.807, 2.05) is 0 Å². The average Bonchev–Trinajstić information content (AvgIpc) is 2.99. The van der Waals surface area contributed by atoms with Gasteiger partial charge < -0.3 is 19.9 Å². The van der Waals surface area contributed by atoms with E-state index in [2.05, 4.69) is 10.4 Å². The molecule has 0 unspecified atom stereocenters. The Kier molecular flexibility index (Phi) is 5.40. The standard InChI is InChI=1S/C19H29N3O4/c23-18-10-14-2-1-3-17(14)21-22(18)16-6-4-15(5-7-16)20-11-19(24)12-25-8-9-26-13-19/h10,15-16,20,24H,1-9,11-13H2. The molecule has 144 valence electrons. The normalized spacial score (nSPS) is 28.5. The van der Waals surface area contributed by atoms with Crippen molar-refractivity contribution in [3.8, 4) is 0 Å². The van der Waals surface area contributed by atoms with Gasteiger partial charge in [-0.25, -0.2) is 4.68 Å². The van der Waals surface area contributed by atoms with Gasteiger partial charge in [0, 0.05) is 18.7 Å². The number of ether oxygens (including phenoxy) is 2. The summed E-state index contributed by atoms with van der Waals surface area (Å²) in [7, 11) is 0. The zero-order chi connectivity index (χ0) is 18.0. The molecular weight excluding hydrogens is 334 g/mol. The second kappa shape index (κ2) is 7.76. The second-order valence-corrected chi connectivity index (χ2v) is 7.97. The maximum atomic E-state index is 12.4. The molecule has 0 amide bonds. The monoisotopic (exact) mass is 363 g/mol. The van der Waals surface area contributed by atoms with E-state index in [1.165, 1.54) is 0 Å². The third-order valence-corrected chi connectivity index (χ3v) is 5.86. The Morgan fingerprint density at radius 2 is 1.92 bits per heavy atom. The average molecular weight is 363 g/mol. The lowest BCUT2D eigenvalue weighted by Gasteiger charge is -2.33. The van der Waals surface area contributed by atoms with E-state index in [-0.39, 0.29) is 11.6 Å². The zero-order valence-electron chi connectivity index (χ0n) is 15.3. The van der Waals surface area contributed by atoms with Crippen molar-refractivity contribution in [3.63, 3.8) is 0 Å². The SMILES string of the molecule is O=c1cc2c(nn1C1CCC(NCC3(O)COCCOC3)CC1)CCC2. The highest BCUT2D eigenvalue weighted by molar-refractivity contribution is 5.22. The molecular formula is C19H29N3O4. The molecule has 1 saturated heterocycles. The second-order valence-electron chi connectivity index (χ2n) is 7.97. The molecule has 1 aromatic heterocycles. The van der Waals surface area contributed by atoms with E-state index in [9.17, 15) is 9.90 Å². The van der Waals surface area contributed by atoms with Crippen LogP contribution in [0.3, 0.4) is 0 Å². The fraction of sp³-hybridized carbons (Fsp3) is 0.789. The molecule has 0 spiro atoms. The largest absolute Gasteiger partial charge is 0.384 e. The van der Waals surface area contributed by atoms with Gasteiger partial charge in [0.2, 0.25) is 0 Å². The number of aryl methyl sites for hydroxylation is 2. The molecule has 0 atom stereocenters. The fourth-order valence-corrected chi connectivity index (χ4v) is 4.32. The van der Waals surface area contributed by atoms with Gasteiger partial charge in [-0.1, -0.05) is 0 Å². The first-order valence-corrected chi connectivity index (χ1v) is 9.86. The first kappa shape index (κ1) is 18.1. The minimum absolute atomic E-state index is 0.0455. The minimum Gasteiger partial charge on any atom is -0.384 e. The highest BCUT2D eigenvalue weighted by atomic mass is 16.6. The van der Waals surface area contributed by atoms with Crippen molar-refractivity contribution in [1.29, 1.82) is 0 Å². The lowest BCUT2D eigenvalue weighted by Crippen LogP contribution is -2.50. The number of nitrogens with zero attached hydrogens (tertiary/aromatic N) is 2. The van der Waals surface area contributed by atoms with Crippen LogP contribution in [0.4, 0.5) is 0 Å². The molecule has 2 fully saturated rings. The maximum Gasteiger partial charge on any atom is 0.267 e. The molecule has 3 aliphatic rings. The Morgan fingerprint density at radius 3 is 2.65 bits per heavy atom. The summed E-state index contributed by atoms with van der Waals surface area (Å²) in [4.78, 5) is 12.4. The van der Waals surface area contributed by atoms with Crippen LogP contribution in [-0.4, -0.2) is 59.5 Å². The van der Waals surface area contributed by atoms with E-state index >= 15 is 0 Å². The van der Waals surface area contributed by atoms with Crippen molar-refractivity contribution in [3.05, 3.63) is 27.7 Å². The number of fused-ring (bicyclic) bond motifs is 1. The van der Waals surface area contributed by atoms with Gasteiger partial charge in [0.1, 0.15) is 5.60 Å². The van der Waals surface area contributed by atoms with Gasteiger partial charge >= 0.3 is 0 Å². The quantitative estimate of drug-likeness (QED) is 0.814. The van der Waals surface area contributed by atoms with E-state index in [1.54, 1.807) is 10.7 Å². The van der Waals surface area contributed by atoms with Crippen molar-refractivity contribution < 1.29 is 14.6 Å². The summed E-state index contributed by atoms with van der Waals surface area (Å²) >= 11 is 0. The van der Waals surface area contributed by atoms with Crippen LogP contribution in [0.5, 0.6) is 0 Å². The van der Waals surface area contributed by atoms with Gasteiger partial charge in [0.15, 0.2) is 0 Å². The Balaban J connectivity index is 1.31. The van der Waals surface area contributed by atoms with Gasteiger partial charge in [-0.2, -0.15) is 5.10 Å². The minimum atomic E-state index is -0.953. The Labute approximate surface area is 153 Å². The molecule has 7 heteroatoms. The molecule has 0 bridgehead atoms. The van der Waals surface area contributed by atoms with Gasteiger partial charge in [0.05, 0.1) is 38.2 Å². The molecule has 26 heavy (non-hydrogen) atoms. The number of hydrogen-bond donors (Lipinski definition) is 2. The number of rotatable bonds is 4. The predicted molar refractivity (Wildman–Crippen MR) is 96.4 cm³/mol. The van der Waals surface area contributed by atoms with Crippen molar-refractivity contribution in [2.24, 2.45) is 0 Å². The first-order chi connectivity index (χ1) is 12.6. The van der Waals surface area contributed by atoms with Gasteiger partial charge in [-0.05, 0) is 50.5 Å². The van der Waals surface area contributed by atoms with Crippen LogP contribution >= 0.6 is 0 Å². The molecule has 0 aromatic carbocycles. The number of aliphatic hydroxyl groups is 1. The van der Waals surface area contributed by atoms with Crippen LogP contribution in [0.25, 0.3) is 0 Å². The van der Waals surface area contributed by atoms with Crippen molar-refractivity contribution in [2.75, 3.05) is 33.0 Å². The predicted octanol–water partition coefficient (Wildman–Crippen LogP) is 0.583. The Bertz CT molecular complexity index is 674. The summed E-state index contributed by atoms with van der Waals surface area (Å²) in [5, 5.41) is 18.7. The van der Waals surface area contributed by atoms with Crippen LogP contribution in [0.15, 0.2) is 10.9 Å². The molecule has 2 aliphatic carbocycles. The van der Waals surface area contributed by atoms with Crippen LogP contribution in [0.1, 0.15) is 49.4 Å². The van der Waals surface area contributed by atoms with E-state index in [0.29, 0.717) is 39.0 Å². The van der Waals surface area contributed by atoms with E-state index in [0.717, 1.165) is 56.2 Å². The van der Waals surface area contributed by atoms with Crippen molar-refractivity contribution in [1.82, 2.24) is 15.1 Å². The topological polar surface area (TPSA) is 85.6 Å². The van der Waals surface area contributed by atoms with Crippen LogP contribution in [-0.2, 0) is 22.3 Å². The first-order valence-electron chi connectivity index (χ1n) is 9.86. The van der Waals surface area contributed by atoms with Crippen LogP contribution < -0.4 is 10.9 Å². The molecule has 0 radical (unpaired) electrons. The maximum absolute atomic E-state index is 12.4. The highest BCUT2D eigenvalue weighted by Crippen LogP contribution is 2.28.